The molecule has 226 valence electrons. The van der Waals surface area contributed by atoms with E-state index in [2.05, 4.69) is 4.74 Å². The predicted octanol–water partition coefficient (Wildman–Crippen LogP) is 10.3. The van der Waals surface area contributed by atoms with E-state index in [0.717, 1.165) is 19.1 Å². The van der Waals surface area contributed by atoms with Gasteiger partial charge in [-0.05, 0) is 78.9 Å². The Hall–Kier alpha value is -4.42. The third-order valence-electron chi connectivity index (χ3n) is 6.29. The fraction of sp³-hybridized carbons (Fsp3) is 0.133. The SMILES string of the molecule is Cc1c(F)cc(OC(F)(F)c2c(F)cc(-c3c(F)cc(-c4c(F)cc(CCC=C(F)F)cc4F)cc3F)cc2F)cc1F. The number of rotatable bonds is 8. The highest BCUT2D eigenvalue weighted by molar-refractivity contribution is 5.73. The molecule has 0 aliphatic heterocycles. The van der Waals surface area contributed by atoms with Gasteiger partial charge >= 0.3 is 6.11 Å². The zero-order chi connectivity index (χ0) is 31.8. The zero-order valence-corrected chi connectivity index (χ0v) is 21.6. The lowest BCUT2D eigenvalue weighted by Gasteiger charge is -2.20. The fourth-order valence-corrected chi connectivity index (χ4v) is 4.26. The molecule has 0 radical (unpaired) electrons. The van der Waals surface area contributed by atoms with Gasteiger partial charge in [-0.25, -0.2) is 35.1 Å². The summed E-state index contributed by atoms with van der Waals surface area (Å²) in [5.74, 6) is -13.5. The molecule has 0 aliphatic rings. The minimum Gasteiger partial charge on any atom is -0.429 e. The number of halogens is 12. The van der Waals surface area contributed by atoms with Crippen LogP contribution in [0, 0.1) is 53.5 Å². The zero-order valence-electron chi connectivity index (χ0n) is 21.6. The first-order valence-electron chi connectivity index (χ1n) is 12.1. The number of hydrogen-bond donors (Lipinski definition) is 0. The van der Waals surface area contributed by atoms with Crippen LogP contribution in [-0.2, 0) is 12.5 Å². The molecule has 4 aromatic rings. The molecule has 0 spiro atoms. The van der Waals surface area contributed by atoms with Gasteiger partial charge in [-0.2, -0.15) is 17.6 Å². The van der Waals surface area contributed by atoms with E-state index in [4.69, 9.17) is 0 Å². The monoisotopic (exact) mass is 620 g/mol. The van der Waals surface area contributed by atoms with Gasteiger partial charge < -0.3 is 4.74 Å². The minimum atomic E-state index is -4.85. The first-order chi connectivity index (χ1) is 20.1. The molecule has 0 aliphatic carbocycles. The van der Waals surface area contributed by atoms with Crippen molar-refractivity contribution in [2.45, 2.75) is 25.9 Å². The molecule has 0 saturated heterocycles. The molecule has 0 fully saturated rings. The van der Waals surface area contributed by atoms with Gasteiger partial charge in [0.15, 0.2) is 0 Å². The van der Waals surface area contributed by atoms with Crippen molar-refractivity contribution < 1.29 is 57.4 Å². The molecule has 0 unspecified atom stereocenters. The highest BCUT2D eigenvalue weighted by Gasteiger charge is 2.41. The summed E-state index contributed by atoms with van der Waals surface area (Å²) in [7, 11) is 0. The average Bonchev–Trinajstić information content (AvgIpc) is 2.85. The van der Waals surface area contributed by atoms with E-state index < -0.39 is 97.9 Å². The first kappa shape index (κ1) is 31.5. The van der Waals surface area contributed by atoms with Crippen molar-refractivity contribution in [3.63, 3.8) is 0 Å². The van der Waals surface area contributed by atoms with Gasteiger partial charge in [0, 0.05) is 17.7 Å². The molecule has 0 amide bonds. The number of hydrogen-bond acceptors (Lipinski definition) is 1. The average molecular weight is 620 g/mol. The van der Waals surface area contributed by atoms with Crippen LogP contribution in [0.5, 0.6) is 5.75 Å². The van der Waals surface area contributed by atoms with Crippen LogP contribution < -0.4 is 4.74 Å². The number of ether oxygens (including phenoxy) is 1. The fourth-order valence-electron chi connectivity index (χ4n) is 4.26. The molecule has 1 nitrogen and oxygen atoms in total. The van der Waals surface area contributed by atoms with Crippen molar-refractivity contribution in [3.05, 3.63) is 124 Å². The molecule has 0 heterocycles. The number of aryl methyl sites for hydroxylation is 1. The molecule has 0 aromatic heterocycles. The van der Waals surface area contributed by atoms with Crippen molar-refractivity contribution in [2.75, 3.05) is 0 Å². The van der Waals surface area contributed by atoms with Gasteiger partial charge in [0.2, 0.25) is 0 Å². The molecule has 4 aromatic carbocycles. The van der Waals surface area contributed by atoms with E-state index in [9.17, 15) is 43.9 Å². The summed E-state index contributed by atoms with van der Waals surface area (Å²) in [5.41, 5.74) is -6.23. The van der Waals surface area contributed by atoms with Crippen LogP contribution in [0.2, 0.25) is 0 Å². The molecular formula is C30H16F12O. The van der Waals surface area contributed by atoms with Gasteiger partial charge in [0.05, 0.1) is 11.1 Å². The molecular weight excluding hydrogens is 604 g/mol. The Morgan fingerprint density at radius 1 is 0.628 bits per heavy atom. The standard InChI is InChI=1S/C30H16F12O/c1-13-18(31)11-17(12-19(13)32)43-30(41,42)29-24(37)9-16(10-25(29)38)28-22(35)7-15(8-23(28)36)27-20(33)5-14(6-21(27)34)3-2-4-26(39)40/h4-12H,2-3H2,1H3. The summed E-state index contributed by atoms with van der Waals surface area (Å²) >= 11 is 0. The Labute approximate surface area is 235 Å². The van der Waals surface area contributed by atoms with Crippen LogP contribution in [-0.4, -0.2) is 0 Å². The highest BCUT2D eigenvalue weighted by atomic mass is 19.3. The third-order valence-corrected chi connectivity index (χ3v) is 6.29. The van der Waals surface area contributed by atoms with Crippen LogP contribution in [0.25, 0.3) is 22.3 Å². The number of alkyl halides is 2. The van der Waals surface area contributed by atoms with Crippen molar-refractivity contribution in [3.8, 4) is 28.0 Å². The first-order valence-corrected chi connectivity index (χ1v) is 12.1. The summed E-state index contributed by atoms with van der Waals surface area (Å²) in [4.78, 5) is 0. The van der Waals surface area contributed by atoms with Crippen LogP contribution in [0.15, 0.2) is 60.7 Å². The molecule has 4 rings (SSSR count). The second-order valence-corrected chi connectivity index (χ2v) is 9.23. The maximum Gasteiger partial charge on any atom is 0.432 e. The predicted molar refractivity (Wildman–Crippen MR) is 131 cm³/mol. The third kappa shape index (κ3) is 6.65. The molecule has 0 N–H and O–H groups in total. The second kappa shape index (κ2) is 12.1. The topological polar surface area (TPSA) is 9.23 Å². The van der Waals surface area contributed by atoms with E-state index in [0.29, 0.717) is 30.3 Å². The Morgan fingerprint density at radius 2 is 1.05 bits per heavy atom. The van der Waals surface area contributed by atoms with Crippen molar-refractivity contribution in [1.82, 2.24) is 0 Å². The Kier molecular flexibility index (Phi) is 8.84. The molecule has 13 heteroatoms. The van der Waals surface area contributed by atoms with Crippen LogP contribution in [0.1, 0.15) is 23.1 Å². The lowest BCUT2D eigenvalue weighted by atomic mass is 9.96. The summed E-state index contributed by atoms with van der Waals surface area (Å²) in [6.07, 6.45) is -6.73. The highest BCUT2D eigenvalue weighted by Crippen LogP contribution is 2.39. The Balaban J connectivity index is 1.68. The maximum atomic E-state index is 15.0. The Bertz CT molecular complexity index is 1650. The lowest BCUT2D eigenvalue weighted by molar-refractivity contribution is -0.189. The second-order valence-electron chi connectivity index (χ2n) is 9.23. The van der Waals surface area contributed by atoms with Crippen molar-refractivity contribution in [2.24, 2.45) is 0 Å². The van der Waals surface area contributed by atoms with Gasteiger partial charge in [0.25, 0.3) is 6.08 Å². The smallest absolute Gasteiger partial charge is 0.429 e. The van der Waals surface area contributed by atoms with Gasteiger partial charge in [-0.3, -0.25) is 0 Å². The number of benzene rings is 4. The van der Waals surface area contributed by atoms with Crippen LogP contribution >= 0.6 is 0 Å². The summed E-state index contributed by atoms with van der Waals surface area (Å²) in [6, 6.07) is 3.40. The summed E-state index contributed by atoms with van der Waals surface area (Å²) in [6.45, 7) is 0.999. The number of allylic oxidation sites excluding steroid dienone is 1. The summed E-state index contributed by atoms with van der Waals surface area (Å²) in [5, 5.41) is 0. The molecule has 0 saturated carbocycles. The van der Waals surface area contributed by atoms with Gasteiger partial charge in [-0.1, -0.05) is 0 Å². The van der Waals surface area contributed by atoms with E-state index in [1.54, 1.807) is 0 Å². The van der Waals surface area contributed by atoms with E-state index >= 15 is 8.78 Å². The van der Waals surface area contributed by atoms with Gasteiger partial charge in [0.1, 0.15) is 57.9 Å². The van der Waals surface area contributed by atoms with E-state index in [-0.39, 0.29) is 30.5 Å². The van der Waals surface area contributed by atoms with Crippen molar-refractivity contribution in [1.29, 1.82) is 0 Å². The van der Waals surface area contributed by atoms with Crippen molar-refractivity contribution >= 4 is 0 Å². The normalized spacial score (nSPS) is 11.6. The van der Waals surface area contributed by atoms with Crippen LogP contribution in [0.3, 0.4) is 0 Å². The minimum absolute atomic E-state index is 0.0294. The van der Waals surface area contributed by atoms with Gasteiger partial charge in [-0.15, -0.1) is 0 Å². The van der Waals surface area contributed by atoms with E-state index in [1.165, 1.54) is 0 Å². The van der Waals surface area contributed by atoms with E-state index in [1.807, 2.05) is 0 Å². The molecule has 0 atom stereocenters. The molecule has 0 bridgehead atoms. The summed E-state index contributed by atoms with van der Waals surface area (Å²) < 4.78 is 174. The lowest BCUT2D eigenvalue weighted by Crippen LogP contribution is -2.25. The quantitative estimate of drug-likeness (QED) is 0.178. The molecule has 43 heavy (non-hydrogen) atoms. The Morgan fingerprint density at radius 3 is 1.49 bits per heavy atom. The largest absolute Gasteiger partial charge is 0.432 e. The maximum absolute atomic E-state index is 15.0. The van der Waals surface area contributed by atoms with Crippen LogP contribution in [0.4, 0.5) is 52.7 Å².